The largest absolute Gasteiger partial charge is 1.00 e. The number of rotatable bonds is 8. The molecule has 2 heterocycles. The number of nitrogens with one attached hydrogen (secondary N) is 1. The van der Waals surface area contributed by atoms with Gasteiger partial charge in [-0.3, -0.25) is 23.0 Å². The molecule has 2 rings (SSSR count). The van der Waals surface area contributed by atoms with Crippen LogP contribution in [0.25, 0.3) is 0 Å². The maximum Gasteiger partial charge on any atom is 1.00 e. The van der Waals surface area contributed by atoms with E-state index in [9.17, 15) is 48.3 Å². The molecule has 0 amide bonds. The van der Waals surface area contributed by atoms with E-state index in [2.05, 4.69) is 18.1 Å². The summed E-state index contributed by atoms with van der Waals surface area (Å²) in [6.07, 6.45) is -5.51. The molecular formula is C9H11N2Na4O14P3S. The van der Waals surface area contributed by atoms with Crippen LogP contribution in [0.15, 0.2) is 17.1 Å². The van der Waals surface area contributed by atoms with Gasteiger partial charge in [-0.1, -0.05) is 12.2 Å². The predicted octanol–water partition coefficient (Wildman–Crippen LogP) is -15.6. The van der Waals surface area contributed by atoms with Crippen molar-refractivity contribution in [3.05, 3.63) is 27.4 Å². The van der Waals surface area contributed by atoms with Gasteiger partial charge >= 0.3 is 124 Å². The van der Waals surface area contributed by atoms with Crippen LogP contribution in [0.4, 0.5) is 0 Å². The van der Waals surface area contributed by atoms with Crippen molar-refractivity contribution in [2.75, 3.05) is 6.61 Å². The Morgan fingerprint density at radius 2 is 1.58 bits per heavy atom. The Morgan fingerprint density at radius 3 is 2.06 bits per heavy atom. The summed E-state index contributed by atoms with van der Waals surface area (Å²) in [5.74, 6) is 0. The SMILES string of the molecule is O=c1[nH]c(=S)ccn1[C@@H]1O[C@H](COP(=O)([O-])OP(=O)([O-])OP(=O)([O-])[O-])C(O)[C@@H]1O.[Na+].[Na+].[Na+].[Na+]. The smallest absolute Gasteiger partial charge is 0.790 e. The zero-order valence-electron chi connectivity index (χ0n) is 17.7. The summed E-state index contributed by atoms with van der Waals surface area (Å²) in [7, 11) is -18.1. The first-order valence-electron chi connectivity index (χ1n) is 7.15. The molecular weight excluding hydrogens is 577 g/mol. The third-order valence-electron chi connectivity index (χ3n) is 3.26. The quantitative estimate of drug-likeness (QED) is 0.145. The van der Waals surface area contributed by atoms with Crippen molar-refractivity contribution in [1.29, 1.82) is 0 Å². The molecule has 1 aromatic heterocycles. The van der Waals surface area contributed by atoms with Crippen LogP contribution >= 0.6 is 35.7 Å². The average Bonchev–Trinajstić information content (AvgIpc) is 2.78. The molecule has 0 aliphatic carbocycles. The topological polar surface area (TPSA) is 259 Å². The van der Waals surface area contributed by atoms with Crippen molar-refractivity contribution in [3.63, 3.8) is 0 Å². The number of aromatic nitrogens is 2. The van der Waals surface area contributed by atoms with Gasteiger partial charge in [0.2, 0.25) is 0 Å². The Bertz CT molecular complexity index is 1020. The molecule has 3 N–H and O–H groups in total. The minimum Gasteiger partial charge on any atom is -0.790 e. The maximum atomic E-state index is 11.8. The van der Waals surface area contributed by atoms with Crippen LogP contribution in [0.1, 0.15) is 6.23 Å². The zero-order chi connectivity index (χ0) is 22.2. The van der Waals surface area contributed by atoms with Crippen LogP contribution in [-0.4, -0.2) is 44.7 Å². The van der Waals surface area contributed by atoms with E-state index in [1.54, 1.807) is 0 Å². The molecule has 1 aromatic rings. The number of phosphoric acid groups is 3. The van der Waals surface area contributed by atoms with E-state index < -0.39 is 60.3 Å². The van der Waals surface area contributed by atoms with E-state index in [1.807, 2.05) is 0 Å². The first-order chi connectivity index (χ1) is 13.1. The summed E-state index contributed by atoms with van der Waals surface area (Å²) in [6.45, 7) is -1.13. The van der Waals surface area contributed by atoms with Crippen LogP contribution in [0.3, 0.4) is 0 Å². The van der Waals surface area contributed by atoms with Gasteiger partial charge in [0, 0.05) is 6.20 Å². The van der Waals surface area contributed by atoms with Gasteiger partial charge in [-0.25, -0.2) is 9.11 Å². The number of ether oxygens (including phenoxy) is 1. The third-order valence-corrected chi connectivity index (χ3v) is 7.16. The Kier molecular flexibility index (Phi) is 20.4. The van der Waals surface area contributed by atoms with Crippen LogP contribution in [0, 0.1) is 4.64 Å². The maximum absolute atomic E-state index is 11.8. The summed E-state index contributed by atoms with van der Waals surface area (Å²) in [5, 5.41) is 19.9. The molecule has 3 unspecified atom stereocenters. The second-order valence-electron chi connectivity index (χ2n) is 5.36. The minimum atomic E-state index is -6.15. The van der Waals surface area contributed by atoms with Gasteiger partial charge in [-0.05, 0) is 6.07 Å². The summed E-state index contributed by atoms with van der Waals surface area (Å²) < 4.78 is 49.3. The van der Waals surface area contributed by atoms with Gasteiger partial charge in [-0.15, -0.1) is 0 Å². The minimum absolute atomic E-state index is 0. The molecule has 1 aliphatic rings. The molecule has 24 heteroatoms. The van der Waals surface area contributed by atoms with Crippen LogP contribution in [0.2, 0.25) is 0 Å². The molecule has 0 saturated carbocycles. The molecule has 6 atom stereocenters. The van der Waals surface area contributed by atoms with Gasteiger partial charge in [0.1, 0.15) is 23.0 Å². The monoisotopic (exact) mass is 588 g/mol. The number of hydrogen-bond acceptors (Lipinski definition) is 15. The van der Waals surface area contributed by atoms with Crippen LogP contribution in [-0.2, 0) is 31.6 Å². The van der Waals surface area contributed by atoms with E-state index in [-0.39, 0.29) is 123 Å². The third kappa shape index (κ3) is 13.3. The van der Waals surface area contributed by atoms with Crippen molar-refractivity contribution in [3.8, 4) is 0 Å². The van der Waals surface area contributed by atoms with E-state index >= 15 is 0 Å². The number of hydrogen-bond donors (Lipinski definition) is 3. The van der Waals surface area contributed by atoms with Gasteiger partial charge in [-0.2, -0.15) is 0 Å². The summed E-state index contributed by atoms with van der Waals surface area (Å²) >= 11 is 4.73. The van der Waals surface area contributed by atoms with Crippen LogP contribution in [0.5, 0.6) is 0 Å². The van der Waals surface area contributed by atoms with Gasteiger partial charge in [0.15, 0.2) is 6.23 Å². The van der Waals surface area contributed by atoms with Crippen molar-refractivity contribution in [1.82, 2.24) is 9.55 Å². The summed E-state index contributed by atoms with van der Waals surface area (Å²) in [5.41, 5.74) is -0.822. The molecule has 0 bridgehead atoms. The first-order valence-corrected chi connectivity index (χ1v) is 11.9. The first kappa shape index (κ1) is 40.9. The molecule has 0 spiro atoms. The summed E-state index contributed by atoms with van der Waals surface area (Å²) in [4.78, 5) is 57.1. The van der Waals surface area contributed by atoms with E-state index in [4.69, 9.17) is 17.0 Å². The Labute approximate surface area is 279 Å². The Hall–Kier alpha value is 3.39. The molecule has 1 fully saturated rings. The predicted molar refractivity (Wildman–Crippen MR) is 82.8 cm³/mol. The molecule has 1 aliphatic heterocycles. The molecule has 16 nitrogen and oxygen atoms in total. The van der Waals surface area contributed by atoms with E-state index in [1.165, 1.54) is 6.07 Å². The summed E-state index contributed by atoms with van der Waals surface area (Å²) in [6, 6.07) is 1.26. The fourth-order valence-electron chi connectivity index (χ4n) is 2.17. The fraction of sp³-hybridized carbons (Fsp3) is 0.556. The molecule has 0 aromatic carbocycles. The van der Waals surface area contributed by atoms with Crippen molar-refractivity contribution < 1.29 is 180 Å². The number of aromatic amines is 1. The Morgan fingerprint density at radius 1 is 1.03 bits per heavy atom. The number of aliphatic hydroxyl groups is 2. The van der Waals surface area contributed by atoms with Gasteiger partial charge < -0.3 is 43.6 Å². The van der Waals surface area contributed by atoms with Crippen molar-refractivity contribution in [2.45, 2.75) is 24.5 Å². The zero-order valence-corrected chi connectivity index (χ0v) is 29.2. The van der Waals surface area contributed by atoms with E-state index in [0.717, 1.165) is 10.8 Å². The standard InChI is InChI=1S/C9H15N2O14P3S.4Na/c12-6-4(3-22-27(18,19)25-28(20,21)24-26(15,16)17)23-8(7(6)13)11-2-1-5(29)10-9(11)14;;;;/h1-2,4,6-8,12-13H,3H2,(H,18,19)(H,20,21)(H,10,14,29)(H2,15,16,17);;;;/q;4*+1/p-4/t4-,6?,7+,8-;;;;/m1..../s1. The van der Waals surface area contributed by atoms with Crippen molar-refractivity contribution in [2.24, 2.45) is 0 Å². The number of H-pyrrole nitrogens is 1. The molecule has 1 saturated heterocycles. The number of phosphoric ester groups is 1. The normalized spacial score (nSPS) is 25.8. The number of aliphatic hydroxyl groups excluding tert-OH is 2. The molecule has 166 valence electrons. The van der Waals surface area contributed by atoms with Gasteiger partial charge in [0.05, 0.1) is 14.4 Å². The number of nitrogens with zero attached hydrogens (tertiary/aromatic N) is 1. The molecule has 0 radical (unpaired) electrons. The van der Waals surface area contributed by atoms with Crippen molar-refractivity contribution >= 4 is 35.7 Å². The Balaban J connectivity index is -0.00000225. The average molecular weight is 588 g/mol. The van der Waals surface area contributed by atoms with Gasteiger partial charge in [0.25, 0.3) is 15.6 Å². The second kappa shape index (κ2) is 16.5. The van der Waals surface area contributed by atoms with Crippen LogP contribution < -0.4 is 143 Å². The van der Waals surface area contributed by atoms with E-state index in [0.29, 0.717) is 0 Å². The molecule has 33 heavy (non-hydrogen) atoms. The second-order valence-corrected chi connectivity index (χ2v) is 10.1. The fourth-order valence-corrected chi connectivity index (χ4v) is 5.19.